The van der Waals surface area contributed by atoms with Crippen molar-refractivity contribution in [3.05, 3.63) is 29.8 Å². The van der Waals surface area contributed by atoms with Gasteiger partial charge in [0.05, 0.1) is 11.5 Å². The van der Waals surface area contributed by atoms with E-state index in [1.165, 1.54) is 11.0 Å². The van der Waals surface area contributed by atoms with Gasteiger partial charge in [0, 0.05) is 18.7 Å². The molecule has 0 aromatic heterocycles. The summed E-state index contributed by atoms with van der Waals surface area (Å²) >= 11 is 0. The van der Waals surface area contributed by atoms with Crippen LogP contribution in [0.3, 0.4) is 0 Å². The zero-order valence-corrected chi connectivity index (χ0v) is 13.5. The number of carbonyl (C=O) groups excluding carboxylic acids is 1. The van der Waals surface area contributed by atoms with Crippen LogP contribution in [-0.2, 0) is 4.79 Å². The van der Waals surface area contributed by atoms with E-state index in [9.17, 15) is 23.5 Å². The van der Waals surface area contributed by atoms with Crippen molar-refractivity contribution in [2.24, 2.45) is 5.41 Å². The van der Waals surface area contributed by atoms with Crippen LogP contribution < -0.4 is 10.1 Å². The quantitative estimate of drug-likeness (QED) is 0.862. The van der Waals surface area contributed by atoms with Crippen molar-refractivity contribution in [1.29, 1.82) is 0 Å². The third-order valence-electron chi connectivity index (χ3n) is 4.22. The second kappa shape index (κ2) is 7.02. The van der Waals surface area contributed by atoms with Gasteiger partial charge in [-0.3, -0.25) is 4.79 Å². The number of halogens is 2. The number of nitrogens with one attached hydrogen (secondary N) is 1. The van der Waals surface area contributed by atoms with Crippen LogP contribution in [0.2, 0.25) is 0 Å². The topological polar surface area (TPSA) is 78.9 Å². The maximum atomic E-state index is 12.5. The van der Waals surface area contributed by atoms with Crippen molar-refractivity contribution in [2.45, 2.75) is 32.9 Å². The summed E-state index contributed by atoms with van der Waals surface area (Å²) in [5.74, 6) is -0.946. The molecule has 2 rings (SSSR count). The van der Waals surface area contributed by atoms with E-state index in [4.69, 9.17) is 0 Å². The van der Waals surface area contributed by atoms with Crippen LogP contribution in [0, 0.1) is 5.41 Å². The van der Waals surface area contributed by atoms with Crippen LogP contribution in [0.5, 0.6) is 5.75 Å². The summed E-state index contributed by atoms with van der Waals surface area (Å²) in [4.78, 5) is 25.0. The largest absolute Gasteiger partial charge is 0.481 e. The molecule has 6 nitrogen and oxygen atoms in total. The zero-order chi connectivity index (χ0) is 17.9. The van der Waals surface area contributed by atoms with E-state index in [1.54, 1.807) is 32.0 Å². The zero-order valence-electron chi connectivity index (χ0n) is 13.5. The lowest BCUT2D eigenvalue weighted by Gasteiger charge is -2.24. The lowest BCUT2D eigenvalue weighted by Crippen LogP contribution is -2.41. The number of likely N-dealkylation sites (tertiary alicyclic amines) is 1. The molecular weight excluding hydrogens is 322 g/mol. The van der Waals surface area contributed by atoms with Crippen LogP contribution in [0.25, 0.3) is 0 Å². The fourth-order valence-corrected chi connectivity index (χ4v) is 2.70. The minimum atomic E-state index is -2.95. The Balaban J connectivity index is 2.04. The highest BCUT2D eigenvalue weighted by molar-refractivity contribution is 5.79. The Kier molecular flexibility index (Phi) is 5.26. The number of carboxylic acid groups (broad SMARTS) is 1. The lowest BCUT2D eigenvalue weighted by atomic mass is 9.90. The number of amides is 2. The Morgan fingerprint density at radius 2 is 2.04 bits per heavy atom. The third kappa shape index (κ3) is 3.93. The average Bonchev–Trinajstić information content (AvgIpc) is 2.91. The molecule has 1 aromatic carbocycles. The number of rotatable bonds is 5. The highest BCUT2D eigenvalue weighted by Crippen LogP contribution is 2.31. The summed E-state index contributed by atoms with van der Waals surface area (Å²) < 4.78 is 29.4. The monoisotopic (exact) mass is 342 g/mol. The fourth-order valence-electron chi connectivity index (χ4n) is 2.70. The molecule has 1 aliphatic heterocycles. The normalized spacial score (nSPS) is 21.6. The van der Waals surface area contributed by atoms with Gasteiger partial charge in [-0.2, -0.15) is 8.78 Å². The summed E-state index contributed by atoms with van der Waals surface area (Å²) in [5, 5.41) is 11.9. The number of hydrogen-bond donors (Lipinski definition) is 2. The summed E-state index contributed by atoms with van der Waals surface area (Å²) in [6.45, 7) is 0.728. The second-order valence-electron chi connectivity index (χ2n) is 6.12. The molecule has 1 aromatic rings. The lowest BCUT2D eigenvalue weighted by molar-refractivity contribution is -0.147. The van der Waals surface area contributed by atoms with Crippen LogP contribution in [0.1, 0.15) is 31.9 Å². The number of aliphatic carboxylic acids is 1. The first-order valence-electron chi connectivity index (χ1n) is 7.55. The highest BCUT2D eigenvalue weighted by Gasteiger charge is 2.42. The van der Waals surface area contributed by atoms with Gasteiger partial charge in [0.2, 0.25) is 0 Å². The van der Waals surface area contributed by atoms with Crippen LogP contribution >= 0.6 is 0 Å². The average molecular weight is 342 g/mol. The van der Waals surface area contributed by atoms with Gasteiger partial charge in [0.15, 0.2) is 0 Å². The second-order valence-corrected chi connectivity index (χ2v) is 6.12. The van der Waals surface area contributed by atoms with Crippen molar-refractivity contribution in [2.75, 3.05) is 13.1 Å². The molecule has 1 fully saturated rings. The summed E-state index contributed by atoms with van der Waals surface area (Å²) in [7, 11) is 0. The molecule has 0 aliphatic carbocycles. The van der Waals surface area contributed by atoms with Gasteiger partial charge in [0.25, 0.3) is 0 Å². The van der Waals surface area contributed by atoms with Gasteiger partial charge in [-0.1, -0.05) is 18.2 Å². The van der Waals surface area contributed by atoms with Crippen molar-refractivity contribution < 1.29 is 28.2 Å². The van der Waals surface area contributed by atoms with E-state index in [0.29, 0.717) is 18.5 Å². The molecule has 24 heavy (non-hydrogen) atoms. The van der Waals surface area contributed by atoms with E-state index in [1.807, 2.05) is 0 Å². The summed E-state index contributed by atoms with van der Waals surface area (Å²) in [5.41, 5.74) is -0.538. The van der Waals surface area contributed by atoms with E-state index < -0.39 is 30.1 Å². The number of hydrogen-bond acceptors (Lipinski definition) is 3. The molecule has 8 heteroatoms. The first-order chi connectivity index (χ1) is 11.2. The van der Waals surface area contributed by atoms with Gasteiger partial charge in [-0.25, -0.2) is 4.79 Å². The predicted molar refractivity (Wildman–Crippen MR) is 82.0 cm³/mol. The van der Waals surface area contributed by atoms with Crippen LogP contribution in [0.4, 0.5) is 13.6 Å². The summed E-state index contributed by atoms with van der Waals surface area (Å²) in [6, 6.07) is 5.22. The molecule has 2 N–H and O–H groups in total. The molecule has 0 radical (unpaired) electrons. The minimum Gasteiger partial charge on any atom is -0.481 e. The van der Waals surface area contributed by atoms with Gasteiger partial charge in [-0.15, -0.1) is 0 Å². The van der Waals surface area contributed by atoms with E-state index >= 15 is 0 Å². The number of ether oxygens (including phenoxy) is 1. The van der Waals surface area contributed by atoms with Crippen LogP contribution in [0.15, 0.2) is 24.3 Å². The van der Waals surface area contributed by atoms with E-state index in [0.717, 1.165) is 0 Å². The first kappa shape index (κ1) is 18.0. The Hall–Kier alpha value is -2.38. The number of urea groups is 1. The molecule has 0 spiro atoms. The molecule has 0 bridgehead atoms. The molecule has 1 aliphatic rings. The molecule has 2 amide bonds. The Labute approximate surface area is 138 Å². The molecule has 0 saturated carbocycles. The molecule has 132 valence electrons. The predicted octanol–water partition coefficient (Wildman–Crippen LogP) is 2.86. The molecule has 1 heterocycles. The first-order valence-corrected chi connectivity index (χ1v) is 7.55. The molecule has 2 atom stereocenters. The third-order valence-corrected chi connectivity index (χ3v) is 4.22. The Morgan fingerprint density at radius 1 is 1.38 bits per heavy atom. The van der Waals surface area contributed by atoms with Crippen molar-refractivity contribution in [3.63, 3.8) is 0 Å². The Bertz CT molecular complexity index is 626. The van der Waals surface area contributed by atoms with Gasteiger partial charge < -0.3 is 20.1 Å². The number of alkyl halides is 2. The van der Waals surface area contributed by atoms with Crippen molar-refractivity contribution in [1.82, 2.24) is 10.2 Å². The SMILES string of the molecule is CC(NC(=O)N1CCC(C)(C(=O)O)C1)c1ccccc1OC(F)F. The molecule has 1 saturated heterocycles. The molecular formula is C16H20F2N2O4. The number of nitrogens with zero attached hydrogens (tertiary/aromatic N) is 1. The smallest absolute Gasteiger partial charge is 0.387 e. The van der Waals surface area contributed by atoms with E-state index in [2.05, 4.69) is 10.1 Å². The number of benzene rings is 1. The van der Waals surface area contributed by atoms with Crippen molar-refractivity contribution >= 4 is 12.0 Å². The Morgan fingerprint density at radius 3 is 2.62 bits per heavy atom. The van der Waals surface area contributed by atoms with Crippen molar-refractivity contribution in [3.8, 4) is 5.75 Å². The fraction of sp³-hybridized carbons (Fsp3) is 0.500. The maximum Gasteiger partial charge on any atom is 0.387 e. The van der Waals surface area contributed by atoms with Crippen LogP contribution in [-0.4, -0.2) is 41.7 Å². The number of carboxylic acids is 1. The van der Waals surface area contributed by atoms with Gasteiger partial charge >= 0.3 is 18.6 Å². The maximum absolute atomic E-state index is 12.5. The minimum absolute atomic E-state index is 0.00269. The molecule has 2 unspecified atom stereocenters. The number of carbonyl (C=O) groups is 2. The number of para-hydroxylation sites is 1. The summed E-state index contributed by atoms with van der Waals surface area (Å²) in [6.07, 6.45) is 0.370. The standard InChI is InChI=1S/C16H20F2N2O4/c1-10(11-5-3-4-6-12(11)24-14(17)18)19-15(23)20-8-7-16(2,9-20)13(21)22/h3-6,10,14H,7-9H2,1-2H3,(H,19,23)(H,21,22). The van der Waals surface area contributed by atoms with Gasteiger partial charge in [0.1, 0.15) is 5.75 Å². The van der Waals surface area contributed by atoms with Gasteiger partial charge in [-0.05, 0) is 26.3 Å². The van der Waals surface area contributed by atoms with E-state index in [-0.39, 0.29) is 12.3 Å². The highest BCUT2D eigenvalue weighted by atomic mass is 19.3.